The Balaban J connectivity index is 2.35. The van der Waals surface area contributed by atoms with Crippen molar-refractivity contribution in [2.75, 3.05) is 20.1 Å². The third-order valence-electron chi connectivity index (χ3n) is 2.31. The molecule has 1 aromatic heterocycles. The predicted octanol–water partition coefficient (Wildman–Crippen LogP) is 1.63. The van der Waals surface area contributed by atoms with Gasteiger partial charge >= 0.3 is 0 Å². The van der Waals surface area contributed by atoms with Crippen molar-refractivity contribution in [3.05, 3.63) is 17.5 Å². The van der Waals surface area contributed by atoms with Crippen LogP contribution in [-0.4, -0.2) is 30.2 Å². The summed E-state index contributed by atoms with van der Waals surface area (Å²) >= 11 is 0. The van der Waals surface area contributed by atoms with Crippen LogP contribution in [0, 0.1) is 0 Å². The lowest BCUT2D eigenvalue weighted by Gasteiger charge is -2.09. The van der Waals surface area contributed by atoms with Gasteiger partial charge in [0.25, 0.3) is 0 Å². The average molecular weight is 211 g/mol. The van der Waals surface area contributed by atoms with E-state index >= 15 is 0 Å². The normalized spacial score (nSPS) is 11.2. The number of hydrogen-bond donors (Lipinski definition) is 1. The van der Waals surface area contributed by atoms with Crippen LogP contribution in [0.15, 0.2) is 10.6 Å². The van der Waals surface area contributed by atoms with Gasteiger partial charge in [0.05, 0.1) is 12.2 Å². The van der Waals surface area contributed by atoms with Gasteiger partial charge in [-0.25, -0.2) is 0 Å². The zero-order valence-electron chi connectivity index (χ0n) is 9.92. The van der Waals surface area contributed by atoms with Crippen molar-refractivity contribution in [3.63, 3.8) is 0 Å². The van der Waals surface area contributed by atoms with Crippen molar-refractivity contribution in [2.24, 2.45) is 0 Å². The van der Waals surface area contributed by atoms with Gasteiger partial charge in [0.15, 0.2) is 5.76 Å². The first-order valence-electron chi connectivity index (χ1n) is 5.60. The zero-order valence-corrected chi connectivity index (χ0v) is 9.92. The lowest BCUT2D eigenvalue weighted by molar-refractivity contribution is 0.281. The Kier molecular flexibility index (Phi) is 5.36. The van der Waals surface area contributed by atoms with E-state index in [9.17, 15) is 0 Å². The molecule has 0 atom stereocenters. The summed E-state index contributed by atoms with van der Waals surface area (Å²) in [7, 11) is 2.07. The number of hydrogen-bond acceptors (Lipinski definition) is 4. The smallest absolute Gasteiger partial charge is 0.151 e. The minimum absolute atomic E-state index is 0.799. The summed E-state index contributed by atoms with van der Waals surface area (Å²) in [5.41, 5.74) is 0.989. The molecule has 0 amide bonds. The summed E-state index contributed by atoms with van der Waals surface area (Å²) in [5.74, 6) is 0.938. The molecule has 0 saturated heterocycles. The van der Waals surface area contributed by atoms with Crippen LogP contribution < -0.4 is 5.32 Å². The van der Waals surface area contributed by atoms with Crippen molar-refractivity contribution in [3.8, 4) is 0 Å². The minimum Gasteiger partial charge on any atom is -0.360 e. The summed E-state index contributed by atoms with van der Waals surface area (Å²) in [6, 6.07) is 2.02. The van der Waals surface area contributed by atoms with Crippen molar-refractivity contribution in [2.45, 2.75) is 33.4 Å². The Hall–Kier alpha value is -0.870. The zero-order chi connectivity index (χ0) is 11.1. The molecule has 0 radical (unpaired) electrons. The van der Waals surface area contributed by atoms with Gasteiger partial charge in [0.2, 0.25) is 0 Å². The van der Waals surface area contributed by atoms with Gasteiger partial charge in [-0.15, -0.1) is 0 Å². The topological polar surface area (TPSA) is 41.3 Å². The molecule has 86 valence electrons. The van der Waals surface area contributed by atoms with E-state index in [0.29, 0.717) is 0 Å². The Bertz CT molecular complexity index is 273. The second-order valence-corrected chi connectivity index (χ2v) is 3.79. The van der Waals surface area contributed by atoms with Gasteiger partial charge in [0, 0.05) is 12.6 Å². The molecule has 0 saturated carbocycles. The number of nitrogens with one attached hydrogen (secondary N) is 1. The van der Waals surface area contributed by atoms with E-state index in [0.717, 1.165) is 44.1 Å². The molecule has 4 nitrogen and oxygen atoms in total. The maximum atomic E-state index is 5.24. The Morgan fingerprint density at radius 3 is 2.93 bits per heavy atom. The average Bonchev–Trinajstić information content (AvgIpc) is 2.66. The Morgan fingerprint density at radius 2 is 2.27 bits per heavy atom. The minimum atomic E-state index is 0.799. The summed E-state index contributed by atoms with van der Waals surface area (Å²) in [6.07, 6.45) is 1.14. The van der Waals surface area contributed by atoms with Crippen molar-refractivity contribution < 1.29 is 4.52 Å². The second-order valence-electron chi connectivity index (χ2n) is 3.79. The van der Waals surface area contributed by atoms with Crippen LogP contribution in [0.5, 0.6) is 0 Å². The summed E-state index contributed by atoms with van der Waals surface area (Å²) in [4.78, 5) is 2.18. The monoisotopic (exact) mass is 211 g/mol. The van der Waals surface area contributed by atoms with Crippen LogP contribution in [-0.2, 0) is 13.1 Å². The van der Waals surface area contributed by atoms with Gasteiger partial charge in [-0.2, -0.15) is 0 Å². The molecule has 0 spiro atoms. The van der Waals surface area contributed by atoms with E-state index in [1.54, 1.807) is 0 Å². The van der Waals surface area contributed by atoms with Gasteiger partial charge in [-0.3, -0.25) is 4.90 Å². The SMILES string of the molecule is CCCNCc1cc(CN(C)CC)on1. The highest BCUT2D eigenvalue weighted by Gasteiger charge is 2.05. The molecule has 4 heteroatoms. The first-order valence-corrected chi connectivity index (χ1v) is 5.60. The van der Waals surface area contributed by atoms with Crippen molar-refractivity contribution in [1.82, 2.24) is 15.4 Å². The Morgan fingerprint density at radius 1 is 1.47 bits per heavy atom. The fraction of sp³-hybridized carbons (Fsp3) is 0.727. The Labute approximate surface area is 91.6 Å². The molecule has 1 N–H and O–H groups in total. The van der Waals surface area contributed by atoms with E-state index < -0.39 is 0 Å². The summed E-state index contributed by atoms with van der Waals surface area (Å²) in [5, 5.41) is 7.31. The maximum Gasteiger partial charge on any atom is 0.151 e. The molecule has 0 aliphatic heterocycles. The van der Waals surface area contributed by atoms with Crippen LogP contribution in [0.2, 0.25) is 0 Å². The lowest BCUT2D eigenvalue weighted by atomic mass is 10.3. The van der Waals surface area contributed by atoms with Crippen LogP contribution in [0.1, 0.15) is 31.7 Å². The number of aromatic nitrogens is 1. The second kappa shape index (κ2) is 6.58. The lowest BCUT2D eigenvalue weighted by Crippen LogP contribution is -2.16. The third-order valence-corrected chi connectivity index (χ3v) is 2.31. The third kappa shape index (κ3) is 4.44. The predicted molar refractivity (Wildman–Crippen MR) is 60.5 cm³/mol. The molecule has 1 heterocycles. The van der Waals surface area contributed by atoms with E-state index in [4.69, 9.17) is 4.52 Å². The highest BCUT2D eigenvalue weighted by Crippen LogP contribution is 2.05. The van der Waals surface area contributed by atoms with Crippen LogP contribution in [0.25, 0.3) is 0 Å². The largest absolute Gasteiger partial charge is 0.360 e. The van der Waals surface area contributed by atoms with E-state index in [2.05, 4.69) is 36.3 Å². The molecule has 15 heavy (non-hydrogen) atoms. The van der Waals surface area contributed by atoms with E-state index in [1.807, 2.05) is 6.07 Å². The first kappa shape index (κ1) is 12.2. The fourth-order valence-corrected chi connectivity index (χ4v) is 1.28. The van der Waals surface area contributed by atoms with E-state index in [-0.39, 0.29) is 0 Å². The molecule has 0 bridgehead atoms. The first-order chi connectivity index (χ1) is 7.26. The molecular formula is C11H21N3O. The van der Waals surface area contributed by atoms with E-state index in [1.165, 1.54) is 0 Å². The van der Waals surface area contributed by atoms with Gasteiger partial charge in [-0.05, 0) is 26.6 Å². The maximum absolute atomic E-state index is 5.24. The van der Waals surface area contributed by atoms with Crippen molar-refractivity contribution in [1.29, 1.82) is 0 Å². The molecule has 0 unspecified atom stereocenters. The van der Waals surface area contributed by atoms with Crippen LogP contribution >= 0.6 is 0 Å². The van der Waals surface area contributed by atoms with Gasteiger partial charge in [-0.1, -0.05) is 19.0 Å². The summed E-state index contributed by atoms with van der Waals surface area (Å²) in [6.45, 7) is 7.95. The number of nitrogens with zero attached hydrogens (tertiary/aromatic N) is 2. The highest BCUT2D eigenvalue weighted by atomic mass is 16.5. The molecule has 1 aromatic rings. The molecule has 0 aromatic carbocycles. The van der Waals surface area contributed by atoms with Crippen molar-refractivity contribution >= 4 is 0 Å². The number of rotatable bonds is 7. The van der Waals surface area contributed by atoms with Gasteiger partial charge in [0.1, 0.15) is 0 Å². The summed E-state index contributed by atoms with van der Waals surface area (Å²) < 4.78 is 5.24. The molecule has 1 rings (SSSR count). The fourth-order valence-electron chi connectivity index (χ4n) is 1.28. The molecular weight excluding hydrogens is 190 g/mol. The molecule has 0 aliphatic carbocycles. The standard InChI is InChI=1S/C11H21N3O/c1-4-6-12-8-10-7-11(15-13-10)9-14(3)5-2/h7,12H,4-6,8-9H2,1-3H3. The van der Waals surface area contributed by atoms with Crippen LogP contribution in [0.3, 0.4) is 0 Å². The quantitative estimate of drug-likeness (QED) is 0.696. The highest BCUT2D eigenvalue weighted by molar-refractivity contribution is 5.04. The van der Waals surface area contributed by atoms with Crippen LogP contribution in [0.4, 0.5) is 0 Å². The molecule has 0 aliphatic rings. The van der Waals surface area contributed by atoms with Gasteiger partial charge < -0.3 is 9.84 Å². The molecule has 0 fully saturated rings.